The number of halogens is 3. The van der Waals surface area contributed by atoms with E-state index < -0.39 is 0 Å². The molecular weight excluding hydrogens is 371 g/mol. The van der Waals surface area contributed by atoms with E-state index in [0.717, 1.165) is 5.56 Å². The predicted molar refractivity (Wildman–Crippen MR) is 83.1 cm³/mol. The average molecular weight is 384 g/mol. The summed E-state index contributed by atoms with van der Waals surface area (Å²) < 4.78 is 13.8. The molecule has 2 aromatic rings. The van der Waals surface area contributed by atoms with E-state index in [-0.39, 0.29) is 10.6 Å². The lowest BCUT2D eigenvalue weighted by Gasteiger charge is -2.11. The maximum atomic E-state index is 13.3. The van der Waals surface area contributed by atoms with Gasteiger partial charge in [-0.15, -0.1) is 0 Å². The zero-order valence-corrected chi connectivity index (χ0v) is 13.4. The molecule has 0 aromatic heterocycles. The highest BCUT2D eigenvalue weighted by Crippen LogP contribution is 2.57. The Balaban J connectivity index is 1.76. The summed E-state index contributed by atoms with van der Waals surface area (Å²) in [6.45, 7) is 0. The highest BCUT2D eigenvalue weighted by Gasteiger charge is 2.43. The smallest absolute Gasteiger partial charge is 0.137 e. The Labute approximate surface area is 129 Å². The molecule has 0 saturated heterocycles. The Kier molecular flexibility index (Phi) is 3.77. The third-order valence-corrected chi connectivity index (χ3v) is 5.52. The van der Waals surface area contributed by atoms with E-state index in [1.165, 1.54) is 18.1 Å². The first kappa shape index (κ1) is 13.3. The molecule has 98 valence electrons. The minimum atomic E-state index is -0.209. The fourth-order valence-electron chi connectivity index (χ4n) is 2.55. The second kappa shape index (κ2) is 5.37. The normalized spacial score (nSPS) is 23.1. The molecule has 3 unspecified atom stereocenters. The van der Waals surface area contributed by atoms with Gasteiger partial charge in [0.15, 0.2) is 0 Å². The monoisotopic (exact) mass is 382 g/mol. The van der Waals surface area contributed by atoms with Crippen LogP contribution in [0.25, 0.3) is 0 Å². The van der Waals surface area contributed by atoms with E-state index in [4.69, 9.17) is 0 Å². The minimum absolute atomic E-state index is 0.209. The van der Waals surface area contributed by atoms with Gasteiger partial charge in [-0.05, 0) is 57.4 Å². The molecule has 0 heterocycles. The van der Waals surface area contributed by atoms with Crippen LogP contribution >= 0.6 is 31.9 Å². The van der Waals surface area contributed by atoms with E-state index in [9.17, 15) is 4.39 Å². The molecule has 0 spiro atoms. The van der Waals surface area contributed by atoms with Crippen molar-refractivity contribution in [1.82, 2.24) is 0 Å². The zero-order chi connectivity index (χ0) is 13.4. The van der Waals surface area contributed by atoms with Crippen LogP contribution in [0.4, 0.5) is 4.39 Å². The highest BCUT2D eigenvalue weighted by atomic mass is 79.9. The third kappa shape index (κ3) is 2.77. The number of benzene rings is 2. The molecule has 0 bridgehead atoms. The standard InChI is InChI=1S/C16H13Br2F/c17-14-8-11(6-7-15(14)19)16(18)13-9-12(13)10-4-2-1-3-5-10/h1-8,12-13,16H,9H2. The van der Waals surface area contributed by atoms with E-state index >= 15 is 0 Å². The van der Waals surface area contributed by atoms with Crippen LogP contribution in [0, 0.1) is 11.7 Å². The van der Waals surface area contributed by atoms with Crippen LogP contribution in [0.1, 0.15) is 28.3 Å². The Morgan fingerprint density at radius 3 is 2.53 bits per heavy atom. The lowest BCUT2D eigenvalue weighted by molar-refractivity contribution is 0.619. The lowest BCUT2D eigenvalue weighted by atomic mass is 10.0. The van der Waals surface area contributed by atoms with Crippen LogP contribution in [0.15, 0.2) is 53.0 Å². The molecule has 0 aliphatic heterocycles. The van der Waals surface area contributed by atoms with Gasteiger partial charge >= 0.3 is 0 Å². The van der Waals surface area contributed by atoms with Crippen molar-refractivity contribution in [3.05, 3.63) is 69.9 Å². The Morgan fingerprint density at radius 1 is 1.11 bits per heavy atom. The van der Waals surface area contributed by atoms with Crippen molar-refractivity contribution in [3.63, 3.8) is 0 Å². The average Bonchev–Trinajstić information content (AvgIpc) is 3.22. The number of hydrogen-bond donors (Lipinski definition) is 0. The molecule has 19 heavy (non-hydrogen) atoms. The molecule has 1 aliphatic carbocycles. The van der Waals surface area contributed by atoms with Crippen LogP contribution in [0.3, 0.4) is 0 Å². The third-order valence-electron chi connectivity index (χ3n) is 3.71. The summed E-state index contributed by atoms with van der Waals surface area (Å²) in [5.41, 5.74) is 2.54. The van der Waals surface area contributed by atoms with E-state index in [0.29, 0.717) is 16.3 Å². The molecule has 3 atom stereocenters. The quantitative estimate of drug-likeness (QED) is 0.585. The summed E-state index contributed by atoms with van der Waals surface area (Å²) in [6.07, 6.45) is 1.19. The van der Waals surface area contributed by atoms with Gasteiger partial charge in [0.25, 0.3) is 0 Å². The molecule has 0 amide bonds. The number of alkyl halides is 1. The Bertz CT molecular complexity index is 583. The maximum absolute atomic E-state index is 13.3. The van der Waals surface area contributed by atoms with Gasteiger partial charge in [-0.25, -0.2) is 4.39 Å². The second-order valence-electron chi connectivity index (χ2n) is 4.99. The molecule has 0 N–H and O–H groups in total. The molecule has 3 rings (SSSR count). The van der Waals surface area contributed by atoms with Crippen LogP contribution in [-0.2, 0) is 0 Å². The summed E-state index contributed by atoms with van der Waals surface area (Å²) in [7, 11) is 0. The molecule has 0 nitrogen and oxygen atoms in total. The van der Waals surface area contributed by atoms with Gasteiger partial charge in [-0.2, -0.15) is 0 Å². The second-order valence-corrected chi connectivity index (χ2v) is 6.83. The largest absolute Gasteiger partial charge is 0.206 e. The van der Waals surface area contributed by atoms with Gasteiger partial charge in [0, 0.05) is 4.83 Å². The van der Waals surface area contributed by atoms with E-state index in [1.54, 1.807) is 0 Å². The van der Waals surface area contributed by atoms with Gasteiger partial charge in [-0.3, -0.25) is 0 Å². The van der Waals surface area contributed by atoms with Gasteiger partial charge in [0.1, 0.15) is 5.82 Å². The van der Waals surface area contributed by atoms with Crippen molar-refractivity contribution in [1.29, 1.82) is 0 Å². The van der Waals surface area contributed by atoms with Gasteiger partial charge in [0.05, 0.1) is 4.47 Å². The van der Waals surface area contributed by atoms with Crippen LogP contribution < -0.4 is 0 Å². The summed E-state index contributed by atoms with van der Waals surface area (Å²) in [6, 6.07) is 15.8. The van der Waals surface area contributed by atoms with Crippen molar-refractivity contribution < 1.29 is 4.39 Å². The van der Waals surface area contributed by atoms with Crippen molar-refractivity contribution >= 4 is 31.9 Å². The van der Waals surface area contributed by atoms with Crippen LogP contribution in [0.5, 0.6) is 0 Å². The zero-order valence-electron chi connectivity index (χ0n) is 10.2. The lowest BCUT2D eigenvalue weighted by Crippen LogP contribution is -1.95. The Morgan fingerprint density at radius 2 is 1.84 bits per heavy atom. The Hall–Kier alpha value is -0.670. The van der Waals surface area contributed by atoms with Gasteiger partial charge in [0.2, 0.25) is 0 Å². The summed E-state index contributed by atoms with van der Waals surface area (Å²) >= 11 is 7.01. The first-order valence-corrected chi connectivity index (χ1v) is 8.01. The van der Waals surface area contributed by atoms with Gasteiger partial charge in [-0.1, -0.05) is 52.3 Å². The molecule has 1 aliphatic rings. The predicted octanol–water partition coefficient (Wildman–Crippen LogP) is 5.83. The molecule has 3 heteroatoms. The highest BCUT2D eigenvalue weighted by molar-refractivity contribution is 9.10. The fourth-order valence-corrected chi connectivity index (χ4v) is 3.82. The fraction of sp³-hybridized carbons (Fsp3) is 0.250. The summed E-state index contributed by atoms with van der Waals surface area (Å²) in [4.78, 5) is 0.287. The summed E-state index contributed by atoms with van der Waals surface area (Å²) in [5.74, 6) is 1.01. The van der Waals surface area contributed by atoms with Crippen molar-refractivity contribution in [2.24, 2.45) is 5.92 Å². The van der Waals surface area contributed by atoms with Crippen molar-refractivity contribution in [3.8, 4) is 0 Å². The van der Waals surface area contributed by atoms with Crippen molar-refractivity contribution in [2.75, 3.05) is 0 Å². The SMILES string of the molecule is Fc1ccc(C(Br)C2CC2c2ccccc2)cc1Br. The molecule has 1 saturated carbocycles. The first-order chi connectivity index (χ1) is 9.16. The molecular formula is C16H13Br2F. The minimum Gasteiger partial charge on any atom is -0.206 e. The van der Waals surface area contributed by atoms with Crippen LogP contribution in [0.2, 0.25) is 0 Å². The number of hydrogen-bond acceptors (Lipinski definition) is 0. The molecule has 1 fully saturated rings. The topological polar surface area (TPSA) is 0 Å². The number of rotatable bonds is 3. The van der Waals surface area contributed by atoms with Crippen molar-refractivity contribution in [2.45, 2.75) is 17.2 Å². The van der Waals surface area contributed by atoms with Crippen LogP contribution in [-0.4, -0.2) is 0 Å². The van der Waals surface area contributed by atoms with E-state index in [1.807, 2.05) is 18.2 Å². The molecule has 0 radical (unpaired) electrons. The van der Waals surface area contributed by atoms with Gasteiger partial charge < -0.3 is 0 Å². The summed E-state index contributed by atoms with van der Waals surface area (Å²) in [5, 5.41) is 0. The van der Waals surface area contributed by atoms with E-state index in [2.05, 4.69) is 56.1 Å². The first-order valence-electron chi connectivity index (χ1n) is 6.31. The maximum Gasteiger partial charge on any atom is 0.137 e. The molecule has 2 aromatic carbocycles.